The first-order valence-corrected chi connectivity index (χ1v) is 8.37. The Labute approximate surface area is 145 Å². The maximum absolute atomic E-state index is 12.1. The summed E-state index contributed by atoms with van der Waals surface area (Å²) in [5, 5.41) is 6.40. The van der Waals surface area contributed by atoms with E-state index in [-0.39, 0.29) is 24.4 Å². The number of ether oxygens (including phenoxy) is 1. The molecule has 1 atom stereocenters. The Hall–Kier alpha value is -1.26. The predicted octanol–water partition coefficient (Wildman–Crippen LogP) is 3.46. The second-order valence-corrected chi connectivity index (χ2v) is 6.11. The fourth-order valence-corrected chi connectivity index (χ4v) is 2.52. The second-order valence-electron chi connectivity index (χ2n) is 6.11. The lowest BCUT2D eigenvalue weighted by atomic mass is 10.0. The Morgan fingerprint density at radius 2 is 2.00 bits per heavy atom. The van der Waals surface area contributed by atoms with E-state index < -0.39 is 0 Å². The number of hydrogen-bond acceptors (Lipinski definition) is 3. The molecule has 0 aliphatic heterocycles. The number of methoxy groups -OCH3 is 1. The zero-order valence-corrected chi connectivity index (χ0v) is 15.0. The summed E-state index contributed by atoms with van der Waals surface area (Å²) in [6, 6.07) is 8.06. The fourth-order valence-electron chi connectivity index (χ4n) is 2.52. The van der Waals surface area contributed by atoms with Crippen molar-refractivity contribution in [1.29, 1.82) is 0 Å². The third kappa shape index (κ3) is 7.23. The summed E-state index contributed by atoms with van der Waals surface area (Å²) >= 11 is 0. The van der Waals surface area contributed by atoms with Crippen LogP contribution in [-0.4, -0.2) is 26.1 Å². The van der Waals surface area contributed by atoms with Crippen molar-refractivity contribution in [3.8, 4) is 5.75 Å². The average molecular weight is 341 g/mol. The van der Waals surface area contributed by atoms with Gasteiger partial charge >= 0.3 is 0 Å². The van der Waals surface area contributed by atoms with E-state index in [2.05, 4.69) is 17.6 Å². The van der Waals surface area contributed by atoms with Crippen molar-refractivity contribution >= 4 is 18.3 Å². The van der Waals surface area contributed by atoms with Crippen molar-refractivity contribution in [3.05, 3.63) is 29.8 Å². The molecule has 4 nitrogen and oxygen atoms in total. The van der Waals surface area contributed by atoms with E-state index in [4.69, 9.17) is 4.74 Å². The van der Waals surface area contributed by atoms with Gasteiger partial charge in [0.1, 0.15) is 5.75 Å². The van der Waals surface area contributed by atoms with Gasteiger partial charge in [-0.15, -0.1) is 12.4 Å². The molecular formula is C18H29ClN2O2. The quantitative estimate of drug-likeness (QED) is 0.685. The van der Waals surface area contributed by atoms with E-state index in [1.807, 2.05) is 24.3 Å². The molecule has 1 aromatic carbocycles. The summed E-state index contributed by atoms with van der Waals surface area (Å²) in [6.07, 6.45) is 5.81. The number of nitrogens with one attached hydrogen (secondary N) is 2. The van der Waals surface area contributed by atoms with Crippen LogP contribution in [0.25, 0.3) is 0 Å². The minimum Gasteiger partial charge on any atom is -0.497 e. The highest BCUT2D eigenvalue weighted by Gasteiger charge is 2.21. The molecule has 1 aliphatic carbocycles. The molecule has 2 N–H and O–H groups in total. The van der Waals surface area contributed by atoms with Crippen LogP contribution < -0.4 is 15.4 Å². The van der Waals surface area contributed by atoms with Crippen LogP contribution in [0.1, 0.15) is 50.6 Å². The van der Waals surface area contributed by atoms with Crippen LogP contribution in [0.4, 0.5) is 0 Å². The van der Waals surface area contributed by atoms with Crippen LogP contribution in [0.5, 0.6) is 5.75 Å². The maximum Gasteiger partial charge on any atom is 0.234 e. The lowest BCUT2D eigenvalue weighted by Crippen LogP contribution is -2.37. The molecule has 130 valence electrons. The van der Waals surface area contributed by atoms with Gasteiger partial charge in [0.2, 0.25) is 5.91 Å². The average Bonchev–Trinajstić information content (AvgIpc) is 3.36. The second kappa shape index (κ2) is 10.5. The van der Waals surface area contributed by atoms with E-state index in [0.717, 1.165) is 43.0 Å². The van der Waals surface area contributed by atoms with Gasteiger partial charge in [-0.2, -0.15) is 0 Å². The molecule has 1 fully saturated rings. The van der Waals surface area contributed by atoms with Crippen molar-refractivity contribution in [3.63, 3.8) is 0 Å². The zero-order valence-electron chi connectivity index (χ0n) is 14.1. The molecule has 23 heavy (non-hydrogen) atoms. The minimum atomic E-state index is 0. The number of unbranched alkanes of at least 4 members (excludes halogenated alkanes) is 1. The minimum absolute atomic E-state index is 0. The van der Waals surface area contributed by atoms with E-state index in [1.54, 1.807) is 7.11 Å². The Balaban J connectivity index is 0.00000264. The summed E-state index contributed by atoms with van der Waals surface area (Å²) in [7, 11) is 1.66. The highest BCUT2D eigenvalue weighted by Crippen LogP contribution is 2.27. The molecule has 0 spiro atoms. The molecular weight excluding hydrogens is 312 g/mol. The number of carbonyl (C=O) groups excluding carboxylic acids is 1. The standard InChI is InChI=1S/C18H28N2O2.ClH/c1-3-4-5-17(15-8-10-16(22-2)11-9-15)20-18(21)13-19-12-14-6-7-14;/h8-11,14,17,19H,3-7,12-13H2,1-2H3,(H,20,21);1H. The molecule has 1 amide bonds. The van der Waals surface area contributed by atoms with Crippen molar-refractivity contribution in [1.82, 2.24) is 10.6 Å². The molecule has 2 rings (SSSR count). The summed E-state index contributed by atoms with van der Waals surface area (Å²) in [4.78, 5) is 12.1. The normalized spacial score (nSPS) is 14.7. The van der Waals surface area contributed by atoms with Crippen LogP contribution >= 0.6 is 12.4 Å². The molecule has 5 heteroatoms. The monoisotopic (exact) mass is 340 g/mol. The largest absolute Gasteiger partial charge is 0.497 e. The number of amides is 1. The maximum atomic E-state index is 12.1. The van der Waals surface area contributed by atoms with Crippen LogP contribution in [-0.2, 0) is 4.79 Å². The molecule has 0 heterocycles. The SMILES string of the molecule is CCCCC(NC(=O)CNCC1CC1)c1ccc(OC)cc1.Cl. The number of benzene rings is 1. The van der Waals surface area contributed by atoms with E-state index in [1.165, 1.54) is 12.8 Å². The van der Waals surface area contributed by atoms with Crippen molar-refractivity contribution in [2.45, 2.75) is 45.1 Å². The highest BCUT2D eigenvalue weighted by atomic mass is 35.5. The van der Waals surface area contributed by atoms with E-state index >= 15 is 0 Å². The van der Waals surface area contributed by atoms with Gasteiger partial charge in [-0.05, 0) is 49.4 Å². The smallest absolute Gasteiger partial charge is 0.234 e. The van der Waals surface area contributed by atoms with Crippen LogP contribution in [0.2, 0.25) is 0 Å². The Kier molecular flexibility index (Phi) is 9.03. The van der Waals surface area contributed by atoms with Gasteiger partial charge in [-0.3, -0.25) is 4.79 Å². The van der Waals surface area contributed by atoms with Gasteiger partial charge in [0.15, 0.2) is 0 Å². The number of hydrogen-bond donors (Lipinski definition) is 2. The van der Waals surface area contributed by atoms with Crippen LogP contribution in [0, 0.1) is 5.92 Å². The Morgan fingerprint density at radius 1 is 1.30 bits per heavy atom. The zero-order chi connectivity index (χ0) is 15.8. The van der Waals surface area contributed by atoms with Gasteiger partial charge in [0, 0.05) is 0 Å². The van der Waals surface area contributed by atoms with Crippen molar-refractivity contribution in [2.24, 2.45) is 5.92 Å². The van der Waals surface area contributed by atoms with Crippen LogP contribution in [0.15, 0.2) is 24.3 Å². The van der Waals surface area contributed by atoms with E-state index in [9.17, 15) is 4.79 Å². The van der Waals surface area contributed by atoms with Gasteiger partial charge in [-0.1, -0.05) is 31.9 Å². The molecule has 0 bridgehead atoms. The van der Waals surface area contributed by atoms with Gasteiger partial charge in [0.05, 0.1) is 19.7 Å². The topological polar surface area (TPSA) is 50.4 Å². The first-order valence-electron chi connectivity index (χ1n) is 8.37. The highest BCUT2D eigenvalue weighted by molar-refractivity contribution is 5.85. The molecule has 1 aliphatic rings. The third-order valence-electron chi connectivity index (χ3n) is 4.12. The fraction of sp³-hybridized carbons (Fsp3) is 0.611. The summed E-state index contributed by atoms with van der Waals surface area (Å²) in [5.41, 5.74) is 1.14. The van der Waals surface area contributed by atoms with E-state index in [0.29, 0.717) is 6.54 Å². The molecule has 1 unspecified atom stereocenters. The number of halogens is 1. The Morgan fingerprint density at radius 3 is 2.57 bits per heavy atom. The van der Waals surface area contributed by atoms with Gasteiger partial charge < -0.3 is 15.4 Å². The summed E-state index contributed by atoms with van der Waals surface area (Å²) in [6.45, 7) is 3.55. The first kappa shape index (κ1) is 19.8. The Bertz CT molecular complexity index is 461. The first-order chi connectivity index (χ1) is 10.7. The van der Waals surface area contributed by atoms with Crippen LogP contribution in [0.3, 0.4) is 0 Å². The molecule has 1 saturated carbocycles. The summed E-state index contributed by atoms with van der Waals surface area (Å²) in [5.74, 6) is 1.72. The molecule has 0 radical (unpaired) electrons. The molecule has 1 aromatic rings. The third-order valence-corrected chi connectivity index (χ3v) is 4.12. The molecule has 0 aromatic heterocycles. The lowest BCUT2D eigenvalue weighted by molar-refractivity contribution is -0.121. The predicted molar refractivity (Wildman–Crippen MR) is 96.2 cm³/mol. The number of carbonyl (C=O) groups is 1. The lowest BCUT2D eigenvalue weighted by Gasteiger charge is -2.19. The van der Waals surface area contributed by atoms with Gasteiger partial charge in [-0.25, -0.2) is 0 Å². The van der Waals surface area contributed by atoms with Gasteiger partial charge in [0.25, 0.3) is 0 Å². The van der Waals surface area contributed by atoms with Crippen molar-refractivity contribution in [2.75, 3.05) is 20.2 Å². The molecule has 0 saturated heterocycles. The van der Waals surface area contributed by atoms with Crippen molar-refractivity contribution < 1.29 is 9.53 Å². The number of rotatable bonds is 10. The summed E-state index contributed by atoms with van der Waals surface area (Å²) < 4.78 is 5.20.